The van der Waals surface area contributed by atoms with Crippen molar-refractivity contribution in [3.63, 3.8) is 0 Å². The zero-order valence-corrected chi connectivity index (χ0v) is 17.7. The van der Waals surface area contributed by atoms with Crippen molar-refractivity contribution in [3.05, 3.63) is 70.3 Å². The quantitative estimate of drug-likeness (QED) is 0.430. The fourth-order valence-corrected chi connectivity index (χ4v) is 2.98. The molecule has 0 aliphatic rings. The molecule has 162 valence electrons. The highest BCUT2D eigenvalue weighted by Crippen LogP contribution is 2.22. The normalized spacial score (nSPS) is 10.7. The van der Waals surface area contributed by atoms with Crippen LogP contribution in [0.4, 0.5) is 4.39 Å². The summed E-state index contributed by atoms with van der Waals surface area (Å²) in [5.74, 6) is -2.19. The second kappa shape index (κ2) is 9.67. The maximum Gasteiger partial charge on any atom is 0.314 e. The van der Waals surface area contributed by atoms with Crippen molar-refractivity contribution < 1.29 is 19.2 Å². The van der Waals surface area contributed by atoms with Crippen LogP contribution in [0.5, 0.6) is 0 Å². The van der Waals surface area contributed by atoms with Gasteiger partial charge in [0.15, 0.2) is 5.82 Å². The summed E-state index contributed by atoms with van der Waals surface area (Å²) >= 11 is 5.70. The van der Waals surface area contributed by atoms with E-state index in [1.807, 2.05) is 31.2 Å². The van der Waals surface area contributed by atoms with Gasteiger partial charge in [0, 0.05) is 19.2 Å². The van der Waals surface area contributed by atoms with Gasteiger partial charge in [0.1, 0.15) is 12.4 Å². The van der Waals surface area contributed by atoms with E-state index in [-0.39, 0.29) is 28.8 Å². The van der Waals surface area contributed by atoms with Crippen LogP contribution in [0.1, 0.15) is 28.7 Å². The number of hydrogen-bond donors (Lipinski definition) is 2. The minimum Gasteiger partial charge on any atom is -0.350 e. The summed E-state index contributed by atoms with van der Waals surface area (Å²) in [6.45, 7) is 2.04. The molecular formula is C21H21ClFN5O3. The molecule has 2 amide bonds. The number of hydrogen-bond acceptors (Lipinski definition) is 5. The smallest absolute Gasteiger partial charge is 0.314 e. The summed E-state index contributed by atoms with van der Waals surface area (Å²) in [7, 11) is 1.13. The van der Waals surface area contributed by atoms with Gasteiger partial charge in [-0.15, -0.1) is 5.10 Å². The molecule has 2 aromatic carbocycles. The summed E-state index contributed by atoms with van der Waals surface area (Å²) in [6, 6.07) is 11.8. The van der Waals surface area contributed by atoms with Crippen molar-refractivity contribution in [2.45, 2.75) is 26.4 Å². The first kappa shape index (κ1) is 22.4. The Kier molecular flexibility index (Phi) is 6.98. The number of nitrogens with one attached hydrogen (secondary N) is 1. The van der Waals surface area contributed by atoms with E-state index in [2.05, 4.69) is 15.4 Å². The molecular weight excluding hydrogens is 425 g/mol. The molecule has 10 heteroatoms. The van der Waals surface area contributed by atoms with Gasteiger partial charge in [0.25, 0.3) is 0 Å². The van der Waals surface area contributed by atoms with Gasteiger partial charge in [0.2, 0.25) is 11.7 Å². The molecule has 8 nitrogen and oxygen atoms in total. The third-order valence-electron chi connectivity index (χ3n) is 4.52. The third-order valence-corrected chi connectivity index (χ3v) is 4.82. The molecule has 3 rings (SSSR count). The molecule has 1 heterocycles. The predicted octanol–water partition coefficient (Wildman–Crippen LogP) is 3.08. The van der Waals surface area contributed by atoms with Crippen LogP contribution in [0.2, 0.25) is 5.02 Å². The maximum absolute atomic E-state index is 13.8. The molecule has 2 N–H and O–H groups in total. The highest BCUT2D eigenvalue weighted by Gasteiger charge is 2.23. The second-order valence-electron chi connectivity index (χ2n) is 6.82. The van der Waals surface area contributed by atoms with E-state index in [1.165, 1.54) is 12.1 Å². The maximum atomic E-state index is 13.8. The number of nitrogens with zero attached hydrogens (tertiary/aromatic N) is 4. The Balaban J connectivity index is 1.81. The first-order chi connectivity index (χ1) is 14.8. The van der Waals surface area contributed by atoms with Crippen molar-refractivity contribution >= 4 is 23.4 Å². The van der Waals surface area contributed by atoms with Crippen LogP contribution in [0.15, 0.2) is 42.5 Å². The molecule has 0 saturated carbocycles. The molecule has 0 atom stereocenters. The van der Waals surface area contributed by atoms with Gasteiger partial charge in [-0.25, -0.2) is 19.1 Å². The van der Waals surface area contributed by atoms with Crippen molar-refractivity contribution in [3.8, 4) is 11.4 Å². The van der Waals surface area contributed by atoms with Crippen molar-refractivity contribution in [1.82, 2.24) is 25.1 Å². The Labute approximate surface area is 183 Å². The number of rotatable bonds is 7. The van der Waals surface area contributed by atoms with Crippen molar-refractivity contribution in [2.24, 2.45) is 0 Å². The van der Waals surface area contributed by atoms with Gasteiger partial charge >= 0.3 is 5.91 Å². The Morgan fingerprint density at radius 2 is 1.97 bits per heavy atom. The highest BCUT2D eigenvalue weighted by atomic mass is 35.5. The summed E-state index contributed by atoms with van der Waals surface area (Å²) in [4.78, 5) is 28.8. The van der Waals surface area contributed by atoms with Gasteiger partial charge in [0.05, 0.1) is 5.02 Å². The zero-order chi connectivity index (χ0) is 22.5. The largest absolute Gasteiger partial charge is 0.350 e. The Morgan fingerprint density at radius 3 is 2.65 bits per heavy atom. The highest BCUT2D eigenvalue weighted by molar-refractivity contribution is 6.30. The van der Waals surface area contributed by atoms with Crippen LogP contribution in [-0.2, 0) is 24.3 Å². The van der Waals surface area contributed by atoms with Crippen molar-refractivity contribution in [1.29, 1.82) is 0 Å². The van der Waals surface area contributed by atoms with Crippen molar-refractivity contribution in [2.75, 3.05) is 7.05 Å². The van der Waals surface area contributed by atoms with Crippen LogP contribution in [0, 0.1) is 5.82 Å². The van der Waals surface area contributed by atoms with E-state index >= 15 is 0 Å². The number of carbonyl (C=O) groups is 2. The average molecular weight is 446 g/mol. The fourth-order valence-electron chi connectivity index (χ4n) is 2.86. The number of amides is 2. The number of halogens is 2. The third kappa shape index (κ3) is 5.44. The van der Waals surface area contributed by atoms with Crippen LogP contribution < -0.4 is 5.32 Å². The van der Waals surface area contributed by atoms with Crippen LogP contribution >= 0.6 is 11.6 Å². The summed E-state index contributed by atoms with van der Waals surface area (Å²) in [5.41, 5.74) is 2.36. The topological polar surface area (TPSA) is 100 Å². The number of benzene rings is 2. The van der Waals surface area contributed by atoms with Gasteiger partial charge in [-0.05, 0) is 35.7 Å². The Morgan fingerprint density at radius 1 is 1.23 bits per heavy atom. The standard InChI is InChI=1S/C21H21ClFN5O3/c1-3-13-5-4-6-14(9-13)11-24-18(29)12-28-20(21(30)27(2)31)25-19(26-28)15-7-8-16(22)17(23)10-15/h4-10,31H,3,11-12H2,1-2H3,(H,24,29). The molecule has 0 unspecified atom stereocenters. The van der Waals surface area contributed by atoms with E-state index in [4.69, 9.17) is 11.6 Å². The number of aromatic nitrogens is 3. The molecule has 0 spiro atoms. The summed E-state index contributed by atoms with van der Waals surface area (Å²) in [6.07, 6.45) is 0.884. The molecule has 0 bridgehead atoms. The van der Waals surface area contributed by atoms with Gasteiger partial charge in [-0.2, -0.15) is 0 Å². The Hall–Kier alpha value is -3.30. The molecule has 1 aromatic heterocycles. The molecule has 0 aliphatic carbocycles. The lowest BCUT2D eigenvalue weighted by Crippen LogP contribution is -2.31. The van der Waals surface area contributed by atoms with E-state index in [9.17, 15) is 19.2 Å². The fraction of sp³-hybridized carbons (Fsp3) is 0.238. The minimum atomic E-state index is -0.864. The lowest BCUT2D eigenvalue weighted by molar-refractivity contribution is -0.122. The minimum absolute atomic E-state index is 0.0178. The van der Waals surface area contributed by atoms with Crippen LogP contribution in [0.25, 0.3) is 11.4 Å². The Bertz CT molecular complexity index is 1120. The van der Waals surface area contributed by atoms with E-state index in [0.717, 1.165) is 35.3 Å². The van der Waals surface area contributed by atoms with E-state index < -0.39 is 17.6 Å². The molecule has 31 heavy (non-hydrogen) atoms. The van der Waals surface area contributed by atoms with E-state index in [0.29, 0.717) is 11.6 Å². The number of hydroxylamine groups is 2. The van der Waals surface area contributed by atoms with Gasteiger partial charge < -0.3 is 5.32 Å². The molecule has 0 fully saturated rings. The molecule has 0 saturated heterocycles. The molecule has 0 aliphatic heterocycles. The lowest BCUT2D eigenvalue weighted by atomic mass is 10.1. The van der Waals surface area contributed by atoms with E-state index in [1.54, 1.807) is 0 Å². The van der Waals surface area contributed by atoms with Crippen LogP contribution in [0.3, 0.4) is 0 Å². The zero-order valence-electron chi connectivity index (χ0n) is 17.0. The molecule has 3 aromatic rings. The summed E-state index contributed by atoms with van der Waals surface area (Å²) in [5, 5.41) is 16.7. The first-order valence-corrected chi connectivity index (χ1v) is 9.88. The number of carbonyl (C=O) groups excluding carboxylic acids is 2. The van der Waals surface area contributed by atoms with Gasteiger partial charge in [-0.1, -0.05) is 42.8 Å². The molecule has 0 radical (unpaired) electrons. The average Bonchev–Trinajstić information content (AvgIpc) is 3.17. The van der Waals surface area contributed by atoms with Crippen LogP contribution in [-0.4, -0.2) is 43.9 Å². The SMILES string of the molecule is CCc1cccc(CNC(=O)Cn2nc(-c3ccc(Cl)c(F)c3)nc2C(=O)N(C)O)c1. The second-order valence-corrected chi connectivity index (χ2v) is 7.23. The number of aryl methyl sites for hydroxylation is 1. The first-order valence-electron chi connectivity index (χ1n) is 9.50. The predicted molar refractivity (Wildman–Crippen MR) is 112 cm³/mol. The lowest BCUT2D eigenvalue weighted by Gasteiger charge is -2.10. The summed E-state index contributed by atoms with van der Waals surface area (Å²) < 4.78 is 14.9. The van der Waals surface area contributed by atoms with Gasteiger partial charge in [-0.3, -0.25) is 14.8 Å². The monoisotopic (exact) mass is 445 g/mol.